The monoisotopic (exact) mass is 385 g/mol. The molecule has 0 radical (unpaired) electrons. The van der Waals surface area contributed by atoms with Crippen LogP contribution in [0.1, 0.15) is 12.5 Å². The molecule has 0 spiro atoms. The first kappa shape index (κ1) is 20.2. The third-order valence-electron chi connectivity index (χ3n) is 3.35. The zero-order chi connectivity index (χ0) is 20.0. The number of benzene rings is 2. The van der Waals surface area contributed by atoms with E-state index >= 15 is 0 Å². The van der Waals surface area contributed by atoms with Gasteiger partial charge < -0.3 is 14.8 Å². The number of nitrogens with one attached hydrogen (secondary N) is 1. The molecule has 144 valence electrons. The second-order valence-corrected chi connectivity index (χ2v) is 5.38. The number of hydrogen-bond donors (Lipinski definition) is 1. The van der Waals surface area contributed by atoms with E-state index in [1.807, 2.05) is 0 Å². The maximum atomic E-state index is 13.4. The molecule has 0 aliphatic heterocycles. The van der Waals surface area contributed by atoms with Gasteiger partial charge in [-0.25, -0.2) is 9.18 Å². The Morgan fingerprint density at radius 3 is 2.37 bits per heavy atom. The highest BCUT2D eigenvalue weighted by Crippen LogP contribution is 2.34. The van der Waals surface area contributed by atoms with Gasteiger partial charge in [0.1, 0.15) is 0 Å². The fraction of sp³-hybridized carbons (Fsp3) is 0.222. The van der Waals surface area contributed by atoms with Crippen molar-refractivity contribution in [1.29, 1.82) is 0 Å². The Hall–Kier alpha value is -3.10. The first-order valence-corrected chi connectivity index (χ1v) is 7.72. The van der Waals surface area contributed by atoms with Gasteiger partial charge in [0.25, 0.3) is 5.91 Å². The van der Waals surface area contributed by atoms with Crippen LogP contribution in [0.25, 0.3) is 0 Å². The molecule has 2 aromatic carbocycles. The minimum absolute atomic E-state index is 0.175. The van der Waals surface area contributed by atoms with Crippen LogP contribution in [0.5, 0.6) is 5.75 Å². The Kier molecular flexibility index (Phi) is 6.38. The summed E-state index contributed by atoms with van der Waals surface area (Å²) in [6, 6.07) is 9.77. The number of amides is 1. The molecule has 9 heteroatoms. The van der Waals surface area contributed by atoms with E-state index in [0.717, 1.165) is 18.2 Å². The summed E-state index contributed by atoms with van der Waals surface area (Å²) in [5.74, 6) is -2.79. The first-order chi connectivity index (χ1) is 12.7. The summed E-state index contributed by atoms with van der Waals surface area (Å²) in [7, 11) is 0. The van der Waals surface area contributed by atoms with Crippen LogP contribution >= 0.6 is 0 Å². The summed E-state index contributed by atoms with van der Waals surface area (Å²) in [4.78, 5) is 23.7. The number of hydrogen-bond acceptors (Lipinski definition) is 4. The van der Waals surface area contributed by atoms with Crippen molar-refractivity contribution in [2.24, 2.45) is 0 Å². The van der Waals surface area contributed by atoms with Crippen molar-refractivity contribution in [1.82, 2.24) is 0 Å². The summed E-state index contributed by atoms with van der Waals surface area (Å²) in [6.07, 6.45) is -6.04. The average molecular weight is 385 g/mol. The average Bonchev–Trinajstić information content (AvgIpc) is 2.60. The van der Waals surface area contributed by atoms with Gasteiger partial charge in [0.05, 0.1) is 11.3 Å². The quantitative estimate of drug-likeness (QED) is 0.607. The molecular weight excluding hydrogens is 370 g/mol. The predicted octanol–water partition coefficient (Wildman–Crippen LogP) is 3.79. The van der Waals surface area contributed by atoms with Crippen LogP contribution in [-0.4, -0.2) is 24.6 Å². The van der Waals surface area contributed by atoms with Crippen LogP contribution in [0.4, 0.5) is 23.2 Å². The Morgan fingerprint density at radius 1 is 1.07 bits per heavy atom. The number of anilines is 1. The van der Waals surface area contributed by atoms with Crippen molar-refractivity contribution >= 4 is 17.6 Å². The molecule has 2 rings (SSSR count). The van der Waals surface area contributed by atoms with E-state index < -0.39 is 47.8 Å². The largest absolute Gasteiger partial charge is 0.479 e. The summed E-state index contributed by atoms with van der Waals surface area (Å²) < 4.78 is 61.9. The van der Waals surface area contributed by atoms with Crippen LogP contribution in [0, 0.1) is 5.82 Å². The molecule has 0 fully saturated rings. The van der Waals surface area contributed by atoms with E-state index in [2.05, 4.69) is 5.32 Å². The second kappa shape index (κ2) is 8.52. The normalized spacial score (nSPS) is 12.2. The molecule has 0 bridgehead atoms. The van der Waals surface area contributed by atoms with Gasteiger partial charge >= 0.3 is 12.1 Å². The minimum Gasteiger partial charge on any atom is -0.479 e. The molecule has 1 N–H and O–H groups in total. The third kappa shape index (κ3) is 5.70. The standard InChI is InChI=1S/C18H15F4NO4/c1-11(27-16(24)10-26-15-9-5-3-7-13(15)19)17(25)23-14-8-4-2-6-12(14)18(20,21)22/h2-9,11H,10H2,1H3,(H,23,25). The fourth-order valence-corrected chi connectivity index (χ4v) is 2.06. The van der Waals surface area contributed by atoms with Gasteiger partial charge in [0.2, 0.25) is 0 Å². The Balaban J connectivity index is 1.92. The van der Waals surface area contributed by atoms with E-state index in [0.29, 0.717) is 0 Å². The SMILES string of the molecule is CC(OC(=O)COc1ccccc1F)C(=O)Nc1ccccc1C(F)(F)F. The van der Waals surface area contributed by atoms with Crippen molar-refractivity contribution < 1.29 is 36.6 Å². The zero-order valence-corrected chi connectivity index (χ0v) is 14.0. The highest BCUT2D eigenvalue weighted by molar-refractivity contribution is 5.95. The maximum Gasteiger partial charge on any atom is 0.418 e. The first-order valence-electron chi connectivity index (χ1n) is 7.72. The van der Waals surface area contributed by atoms with E-state index in [1.165, 1.54) is 37.3 Å². The Labute approximate surface area is 151 Å². The van der Waals surface area contributed by atoms with Crippen LogP contribution in [0.3, 0.4) is 0 Å². The third-order valence-corrected chi connectivity index (χ3v) is 3.35. The minimum atomic E-state index is -4.66. The van der Waals surface area contributed by atoms with E-state index in [1.54, 1.807) is 0 Å². The lowest BCUT2D eigenvalue weighted by Crippen LogP contribution is -2.32. The lowest BCUT2D eigenvalue weighted by molar-refractivity contribution is -0.155. The smallest absolute Gasteiger partial charge is 0.418 e. The highest BCUT2D eigenvalue weighted by atomic mass is 19.4. The van der Waals surface area contributed by atoms with Gasteiger partial charge in [0.15, 0.2) is 24.3 Å². The van der Waals surface area contributed by atoms with E-state index in [9.17, 15) is 27.2 Å². The molecule has 27 heavy (non-hydrogen) atoms. The lowest BCUT2D eigenvalue weighted by Gasteiger charge is -2.17. The van der Waals surface area contributed by atoms with E-state index in [4.69, 9.17) is 9.47 Å². The maximum absolute atomic E-state index is 13.4. The van der Waals surface area contributed by atoms with Gasteiger partial charge in [0, 0.05) is 0 Å². The van der Waals surface area contributed by atoms with Crippen LogP contribution in [-0.2, 0) is 20.5 Å². The van der Waals surface area contributed by atoms with Gasteiger partial charge in [-0.05, 0) is 31.2 Å². The fourth-order valence-electron chi connectivity index (χ4n) is 2.06. The van der Waals surface area contributed by atoms with Crippen molar-refractivity contribution in [2.75, 3.05) is 11.9 Å². The van der Waals surface area contributed by atoms with Crippen molar-refractivity contribution in [2.45, 2.75) is 19.2 Å². The number of esters is 1. The molecule has 1 amide bonds. The summed E-state index contributed by atoms with van der Waals surface area (Å²) >= 11 is 0. The number of ether oxygens (including phenoxy) is 2. The van der Waals surface area contributed by atoms with Gasteiger partial charge in [-0.2, -0.15) is 13.2 Å². The van der Waals surface area contributed by atoms with Gasteiger partial charge in [-0.15, -0.1) is 0 Å². The van der Waals surface area contributed by atoms with Crippen LogP contribution in [0.2, 0.25) is 0 Å². The molecule has 0 saturated carbocycles. The molecule has 0 aliphatic rings. The van der Waals surface area contributed by atoms with Crippen molar-refractivity contribution in [3.8, 4) is 5.75 Å². The Morgan fingerprint density at radius 2 is 1.70 bits per heavy atom. The molecular formula is C18H15F4NO4. The number of para-hydroxylation sites is 2. The number of carbonyl (C=O) groups is 2. The molecule has 0 aromatic heterocycles. The second-order valence-electron chi connectivity index (χ2n) is 5.38. The number of carbonyl (C=O) groups excluding carboxylic acids is 2. The molecule has 1 atom stereocenters. The molecule has 0 aliphatic carbocycles. The molecule has 2 aromatic rings. The lowest BCUT2D eigenvalue weighted by atomic mass is 10.1. The number of alkyl halides is 3. The topological polar surface area (TPSA) is 64.6 Å². The summed E-state index contributed by atoms with van der Waals surface area (Å²) in [5.41, 5.74) is -1.49. The number of rotatable bonds is 6. The van der Waals surface area contributed by atoms with Crippen molar-refractivity contribution in [3.63, 3.8) is 0 Å². The Bertz CT molecular complexity index is 823. The highest BCUT2D eigenvalue weighted by Gasteiger charge is 2.34. The molecule has 0 saturated heterocycles. The number of halogens is 4. The van der Waals surface area contributed by atoms with Gasteiger partial charge in [-0.3, -0.25) is 4.79 Å². The van der Waals surface area contributed by atoms with Crippen LogP contribution in [0.15, 0.2) is 48.5 Å². The van der Waals surface area contributed by atoms with Gasteiger partial charge in [-0.1, -0.05) is 24.3 Å². The molecule has 5 nitrogen and oxygen atoms in total. The molecule has 0 heterocycles. The van der Waals surface area contributed by atoms with Crippen molar-refractivity contribution in [3.05, 3.63) is 59.9 Å². The predicted molar refractivity (Wildman–Crippen MR) is 87.5 cm³/mol. The molecule has 1 unspecified atom stereocenters. The summed E-state index contributed by atoms with van der Waals surface area (Å²) in [5, 5.41) is 2.07. The van der Waals surface area contributed by atoms with Crippen LogP contribution < -0.4 is 10.1 Å². The summed E-state index contributed by atoms with van der Waals surface area (Å²) in [6.45, 7) is 0.518. The zero-order valence-electron chi connectivity index (χ0n) is 14.0. The van der Waals surface area contributed by atoms with E-state index in [-0.39, 0.29) is 5.75 Å².